The van der Waals surface area contributed by atoms with E-state index in [1.165, 1.54) is 0 Å². The SMILES string of the molecule is NN1CC(CC2CNCCO2)OC1=O. The van der Waals surface area contributed by atoms with E-state index in [4.69, 9.17) is 15.3 Å². The molecule has 2 fully saturated rings. The highest BCUT2D eigenvalue weighted by molar-refractivity contribution is 5.68. The second kappa shape index (κ2) is 4.12. The summed E-state index contributed by atoms with van der Waals surface area (Å²) in [5.41, 5.74) is 0. The molecule has 0 bridgehead atoms. The smallest absolute Gasteiger partial charge is 0.424 e. The van der Waals surface area contributed by atoms with Gasteiger partial charge in [-0.25, -0.2) is 15.6 Å². The Hall–Kier alpha value is -0.850. The van der Waals surface area contributed by atoms with Crippen molar-refractivity contribution in [3.63, 3.8) is 0 Å². The molecule has 2 atom stereocenters. The molecule has 1 amide bonds. The lowest BCUT2D eigenvalue weighted by atomic mass is 10.1. The zero-order valence-corrected chi connectivity index (χ0v) is 7.94. The molecule has 6 heteroatoms. The highest BCUT2D eigenvalue weighted by Crippen LogP contribution is 2.14. The second-order valence-corrected chi connectivity index (χ2v) is 3.59. The maximum Gasteiger partial charge on any atom is 0.424 e. The molecule has 0 saturated carbocycles. The Morgan fingerprint density at radius 2 is 2.43 bits per heavy atom. The van der Waals surface area contributed by atoms with Crippen molar-refractivity contribution in [1.29, 1.82) is 0 Å². The number of nitrogens with zero attached hydrogens (tertiary/aromatic N) is 1. The summed E-state index contributed by atoms with van der Waals surface area (Å²) in [6.07, 6.45) is 0.274. The highest BCUT2D eigenvalue weighted by atomic mass is 16.6. The molecule has 0 aromatic carbocycles. The van der Waals surface area contributed by atoms with Crippen LogP contribution in [0.4, 0.5) is 4.79 Å². The number of hydrazine groups is 1. The Labute approximate surface area is 82.3 Å². The van der Waals surface area contributed by atoms with Gasteiger partial charge in [0.1, 0.15) is 6.10 Å². The van der Waals surface area contributed by atoms with Crippen molar-refractivity contribution in [2.75, 3.05) is 26.2 Å². The first kappa shape index (κ1) is 9.70. The maximum atomic E-state index is 10.9. The quantitative estimate of drug-likeness (QED) is 0.445. The van der Waals surface area contributed by atoms with E-state index in [9.17, 15) is 4.79 Å². The lowest BCUT2D eigenvalue weighted by molar-refractivity contribution is 0.000368. The third kappa shape index (κ3) is 2.14. The zero-order chi connectivity index (χ0) is 9.97. The van der Waals surface area contributed by atoms with Crippen LogP contribution in [0, 0.1) is 0 Å². The number of nitrogens with two attached hydrogens (primary N) is 1. The second-order valence-electron chi connectivity index (χ2n) is 3.59. The molecule has 0 aromatic rings. The summed E-state index contributed by atoms with van der Waals surface area (Å²) in [5, 5.41) is 4.32. The fourth-order valence-corrected chi connectivity index (χ4v) is 1.73. The summed E-state index contributed by atoms with van der Waals surface area (Å²) in [6, 6.07) is 0. The Balaban J connectivity index is 1.77. The minimum atomic E-state index is -0.446. The van der Waals surface area contributed by atoms with E-state index in [1.54, 1.807) is 0 Å². The fourth-order valence-electron chi connectivity index (χ4n) is 1.73. The van der Waals surface area contributed by atoms with Crippen LogP contribution in [0.15, 0.2) is 0 Å². The Morgan fingerprint density at radius 3 is 3.00 bits per heavy atom. The van der Waals surface area contributed by atoms with Gasteiger partial charge in [-0.2, -0.15) is 0 Å². The van der Waals surface area contributed by atoms with Crippen LogP contribution in [0.5, 0.6) is 0 Å². The average molecular weight is 201 g/mol. The van der Waals surface area contributed by atoms with E-state index in [0.717, 1.165) is 24.7 Å². The molecular weight excluding hydrogens is 186 g/mol. The van der Waals surface area contributed by atoms with Gasteiger partial charge >= 0.3 is 6.09 Å². The summed E-state index contributed by atoms with van der Waals surface area (Å²) >= 11 is 0. The number of amides is 1. The van der Waals surface area contributed by atoms with E-state index in [2.05, 4.69) is 5.32 Å². The standard InChI is InChI=1S/C8H15N3O3/c9-11-5-7(14-8(11)12)3-6-4-10-1-2-13-6/h6-7,10H,1-5,9H2. The van der Waals surface area contributed by atoms with Gasteiger partial charge in [0.05, 0.1) is 19.3 Å². The van der Waals surface area contributed by atoms with E-state index in [1.807, 2.05) is 0 Å². The molecule has 2 heterocycles. The number of cyclic esters (lactones) is 1. The molecule has 3 N–H and O–H groups in total. The van der Waals surface area contributed by atoms with Gasteiger partial charge in [-0.05, 0) is 0 Å². The molecule has 6 nitrogen and oxygen atoms in total. The number of morpholine rings is 1. The Kier molecular flexibility index (Phi) is 2.85. The lowest BCUT2D eigenvalue weighted by Crippen LogP contribution is -2.41. The maximum absolute atomic E-state index is 10.9. The fraction of sp³-hybridized carbons (Fsp3) is 0.875. The van der Waals surface area contributed by atoms with Gasteiger partial charge in [-0.3, -0.25) is 0 Å². The largest absolute Gasteiger partial charge is 0.443 e. The van der Waals surface area contributed by atoms with E-state index < -0.39 is 6.09 Å². The lowest BCUT2D eigenvalue weighted by Gasteiger charge is -2.24. The van der Waals surface area contributed by atoms with Crippen LogP contribution in [-0.4, -0.2) is 49.6 Å². The van der Waals surface area contributed by atoms with Crippen molar-refractivity contribution >= 4 is 6.09 Å². The van der Waals surface area contributed by atoms with Crippen LogP contribution in [0.25, 0.3) is 0 Å². The average Bonchev–Trinajstić information content (AvgIpc) is 2.47. The molecule has 2 aliphatic heterocycles. The summed E-state index contributed by atoms with van der Waals surface area (Å²) in [5.74, 6) is 5.38. The third-order valence-corrected chi connectivity index (χ3v) is 2.43. The Morgan fingerprint density at radius 1 is 1.57 bits per heavy atom. The molecule has 2 unspecified atom stereocenters. The van der Waals surface area contributed by atoms with E-state index in [-0.39, 0.29) is 12.2 Å². The van der Waals surface area contributed by atoms with Gasteiger partial charge in [0.2, 0.25) is 0 Å². The number of hydrogen-bond donors (Lipinski definition) is 2. The van der Waals surface area contributed by atoms with Gasteiger partial charge in [0.15, 0.2) is 0 Å². The van der Waals surface area contributed by atoms with Crippen molar-refractivity contribution in [1.82, 2.24) is 10.3 Å². The van der Waals surface area contributed by atoms with Crippen LogP contribution in [0.2, 0.25) is 0 Å². The first-order valence-corrected chi connectivity index (χ1v) is 4.81. The normalized spacial score (nSPS) is 33.2. The summed E-state index contributed by atoms with van der Waals surface area (Å²) in [7, 11) is 0. The zero-order valence-electron chi connectivity index (χ0n) is 7.94. The van der Waals surface area contributed by atoms with Crippen LogP contribution >= 0.6 is 0 Å². The minimum absolute atomic E-state index is 0.127. The third-order valence-electron chi connectivity index (χ3n) is 2.43. The topological polar surface area (TPSA) is 76.8 Å². The highest BCUT2D eigenvalue weighted by Gasteiger charge is 2.31. The Bertz CT molecular complexity index is 218. The number of rotatable bonds is 2. The predicted octanol–water partition coefficient (Wildman–Crippen LogP) is -0.941. The molecular formula is C8H15N3O3. The van der Waals surface area contributed by atoms with Crippen molar-refractivity contribution in [3.05, 3.63) is 0 Å². The molecule has 14 heavy (non-hydrogen) atoms. The van der Waals surface area contributed by atoms with Crippen molar-refractivity contribution < 1.29 is 14.3 Å². The molecule has 2 rings (SSSR count). The summed E-state index contributed by atoms with van der Waals surface area (Å²) < 4.78 is 10.5. The van der Waals surface area contributed by atoms with Crippen LogP contribution in [-0.2, 0) is 9.47 Å². The molecule has 80 valence electrons. The molecule has 2 saturated heterocycles. The molecule has 2 aliphatic rings. The molecule has 0 radical (unpaired) electrons. The monoisotopic (exact) mass is 201 g/mol. The van der Waals surface area contributed by atoms with Gasteiger partial charge in [-0.15, -0.1) is 0 Å². The first-order valence-electron chi connectivity index (χ1n) is 4.81. The summed E-state index contributed by atoms with van der Waals surface area (Å²) in [6.45, 7) is 2.89. The molecule has 0 aromatic heterocycles. The molecule has 0 spiro atoms. The van der Waals surface area contributed by atoms with Crippen LogP contribution in [0.1, 0.15) is 6.42 Å². The number of ether oxygens (including phenoxy) is 2. The minimum Gasteiger partial charge on any atom is -0.443 e. The molecule has 0 aliphatic carbocycles. The van der Waals surface area contributed by atoms with Gasteiger partial charge in [0.25, 0.3) is 0 Å². The number of nitrogens with one attached hydrogen (secondary N) is 1. The summed E-state index contributed by atoms with van der Waals surface area (Å²) in [4.78, 5) is 10.9. The van der Waals surface area contributed by atoms with Crippen LogP contribution in [0.3, 0.4) is 0 Å². The number of carbonyl (C=O) groups excluding carboxylic acids is 1. The van der Waals surface area contributed by atoms with Crippen LogP contribution < -0.4 is 11.2 Å². The predicted molar refractivity (Wildman–Crippen MR) is 48.4 cm³/mol. The van der Waals surface area contributed by atoms with Gasteiger partial charge < -0.3 is 14.8 Å². The van der Waals surface area contributed by atoms with Crippen molar-refractivity contribution in [3.8, 4) is 0 Å². The van der Waals surface area contributed by atoms with Gasteiger partial charge in [-0.1, -0.05) is 0 Å². The van der Waals surface area contributed by atoms with Crippen molar-refractivity contribution in [2.24, 2.45) is 5.84 Å². The number of hydrogen-bond acceptors (Lipinski definition) is 5. The van der Waals surface area contributed by atoms with E-state index in [0.29, 0.717) is 13.0 Å². The van der Waals surface area contributed by atoms with Crippen molar-refractivity contribution in [2.45, 2.75) is 18.6 Å². The van der Waals surface area contributed by atoms with E-state index >= 15 is 0 Å². The van der Waals surface area contributed by atoms with Gasteiger partial charge in [0, 0.05) is 19.5 Å². The number of carbonyl (C=O) groups is 1. The first-order chi connectivity index (χ1) is 6.75.